The minimum atomic E-state index is -3.64. The number of carbonyl (C=O) groups is 2. The average molecular weight is 433 g/mol. The Morgan fingerprint density at radius 3 is 2.57 bits per heavy atom. The van der Waals surface area contributed by atoms with E-state index in [1.165, 1.54) is 29.9 Å². The van der Waals surface area contributed by atoms with E-state index in [4.69, 9.17) is 9.47 Å². The molecule has 0 radical (unpaired) electrons. The molecule has 1 fully saturated rings. The van der Waals surface area contributed by atoms with Crippen molar-refractivity contribution in [3.05, 3.63) is 48.8 Å². The predicted molar refractivity (Wildman–Crippen MR) is 108 cm³/mol. The molecule has 1 aromatic heterocycles. The Hall–Kier alpha value is -2.98. The van der Waals surface area contributed by atoms with Crippen molar-refractivity contribution in [2.75, 3.05) is 32.1 Å². The molecule has 2 aromatic rings. The molecule has 0 atom stereocenters. The summed E-state index contributed by atoms with van der Waals surface area (Å²) >= 11 is 0. The second-order valence-corrected chi connectivity index (χ2v) is 8.66. The molecular formula is C20H23N3O6S. The first-order valence-electron chi connectivity index (χ1n) is 9.41. The fraction of sp³-hybridized carbons (Fsp3) is 0.350. The SMILES string of the molecule is COc1ccccc1NC(=O)COC(=O)C1CCN(S(=O)(=O)c2cccnc2)CC1. The normalized spacial score (nSPS) is 15.4. The topological polar surface area (TPSA) is 115 Å². The lowest BCUT2D eigenvalue weighted by Gasteiger charge is -2.29. The Bertz CT molecular complexity index is 989. The number of piperidine rings is 1. The van der Waals surface area contributed by atoms with Gasteiger partial charge in [-0.2, -0.15) is 4.31 Å². The zero-order valence-electron chi connectivity index (χ0n) is 16.5. The van der Waals surface area contributed by atoms with Gasteiger partial charge in [0.2, 0.25) is 10.0 Å². The molecule has 2 heterocycles. The summed E-state index contributed by atoms with van der Waals surface area (Å²) in [6.07, 6.45) is 3.46. The highest BCUT2D eigenvalue weighted by Gasteiger charge is 2.33. The quantitative estimate of drug-likeness (QED) is 0.661. The second kappa shape index (κ2) is 9.68. The van der Waals surface area contributed by atoms with Crippen LogP contribution in [0.2, 0.25) is 0 Å². The van der Waals surface area contributed by atoms with Gasteiger partial charge in [0, 0.05) is 25.5 Å². The maximum Gasteiger partial charge on any atom is 0.309 e. The van der Waals surface area contributed by atoms with Crippen molar-refractivity contribution >= 4 is 27.6 Å². The van der Waals surface area contributed by atoms with Crippen molar-refractivity contribution in [1.29, 1.82) is 0 Å². The summed E-state index contributed by atoms with van der Waals surface area (Å²) in [5.74, 6) is -0.947. The number of hydrogen-bond donors (Lipinski definition) is 1. The Morgan fingerprint density at radius 2 is 1.90 bits per heavy atom. The number of benzene rings is 1. The molecule has 1 saturated heterocycles. The van der Waals surface area contributed by atoms with Gasteiger partial charge in [0.1, 0.15) is 10.6 Å². The molecule has 1 amide bonds. The van der Waals surface area contributed by atoms with E-state index in [0.717, 1.165) is 0 Å². The van der Waals surface area contributed by atoms with E-state index in [-0.39, 0.29) is 18.0 Å². The molecule has 1 N–H and O–H groups in total. The Morgan fingerprint density at radius 1 is 1.17 bits per heavy atom. The van der Waals surface area contributed by atoms with E-state index in [1.807, 2.05) is 0 Å². The summed E-state index contributed by atoms with van der Waals surface area (Å²) in [5, 5.41) is 2.63. The van der Waals surface area contributed by atoms with Crippen LogP contribution in [0.4, 0.5) is 5.69 Å². The average Bonchev–Trinajstić information content (AvgIpc) is 2.78. The molecule has 0 saturated carbocycles. The standard InChI is InChI=1S/C20H23N3O6S/c1-28-18-7-3-2-6-17(18)22-19(24)14-29-20(25)15-8-11-23(12-9-15)30(26,27)16-5-4-10-21-13-16/h2-7,10,13,15H,8-9,11-12,14H2,1H3,(H,22,24). The number of carbonyl (C=O) groups excluding carboxylic acids is 2. The van der Waals surface area contributed by atoms with E-state index in [9.17, 15) is 18.0 Å². The third-order valence-electron chi connectivity index (χ3n) is 4.79. The molecule has 0 aliphatic carbocycles. The maximum atomic E-state index is 12.6. The van der Waals surface area contributed by atoms with Gasteiger partial charge in [0.25, 0.3) is 5.91 Å². The van der Waals surface area contributed by atoms with E-state index in [0.29, 0.717) is 24.3 Å². The van der Waals surface area contributed by atoms with E-state index < -0.39 is 34.4 Å². The van der Waals surface area contributed by atoms with Gasteiger partial charge in [-0.15, -0.1) is 0 Å². The highest BCUT2D eigenvalue weighted by molar-refractivity contribution is 7.89. The Balaban J connectivity index is 1.48. The maximum absolute atomic E-state index is 12.6. The Labute approximate surface area is 175 Å². The lowest BCUT2D eigenvalue weighted by molar-refractivity contribution is -0.152. The zero-order chi connectivity index (χ0) is 21.6. The van der Waals surface area contributed by atoms with Crippen molar-refractivity contribution in [3.63, 3.8) is 0 Å². The van der Waals surface area contributed by atoms with Crippen LogP contribution in [-0.4, -0.2) is 56.4 Å². The molecular weight excluding hydrogens is 410 g/mol. The number of pyridine rings is 1. The van der Waals surface area contributed by atoms with Gasteiger partial charge in [-0.05, 0) is 37.1 Å². The number of esters is 1. The zero-order valence-corrected chi connectivity index (χ0v) is 17.3. The predicted octanol–water partition coefficient (Wildman–Crippen LogP) is 1.67. The minimum absolute atomic E-state index is 0.124. The molecule has 0 unspecified atom stereocenters. The highest BCUT2D eigenvalue weighted by atomic mass is 32.2. The van der Waals surface area contributed by atoms with Gasteiger partial charge in [-0.3, -0.25) is 14.6 Å². The fourth-order valence-corrected chi connectivity index (χ4v) is 4.60. The second-order valence-electron chi connectivity index (χ2n) is 6.72. The number of nitrogens with zero attached hydrogens (tertiary/aromatic N) is 2. The smallest absolute Gasteiger partial charge is 0.309 e. The summed E-state index contributed by atoms with van der Waals surface area (Å²) in [5.41, 5.74) is 0.481. The number of sulfonamides is 1. The first kappa shape index (κ1) is 21.7. The monoisotopic (exact) mass is 433 g/mol. The molecule has 10 heteroatoms. The van der Waals surface area contributed by atoms with Crippen LogP contribution < -0.4 is 10.1 Å². The van der Waals surface area contributed by atoms with E-state index in [2.05, 4.69) is 10.3 Å². The van der Waals surface area contributed by atoms with Gasteiger partial charge in [-0.25, -0.2) is 8.42 Å². The third-order valence-corrected chi connectivity index (χ3v) is 6.67. The molecule has 0 spiro atoms. The van der Waals surface area contributed by atoms with Gasteiger partial charge >= 0.3 is 5.97 Å². The van der Waals surface area contributed by atoms with Crippen LogP contribution in [0, 0.1) is 5.92 Å². The Kier molecular flexibility index (Phi) is 7.01. The van der Waals surface area contributed by atoms with Crippen LogP contribution in [0.3, 0.4) is 0 Å². The number of aromatic nitrogens is 1. The number of ether oxygens (including phenoxy) is 2. The van der Waals surface area contributed by atoms with Gasteiger partial charge in [-0.1, -0.05) is 12.1 Å². The summed E-state index contributed by atoms with van der Waals surface area (Å²) in [6, 6.07) is 9.95. The lowest BCUT2D eigenvalue weighted by atomic mass is 9.98. The molecule has 3 rings (SSSR count). The van der Waals surface area contributed by atoms with Gasteiger partial charge in [0.15, 0.2) is 6.61 Å². The number of amides is 1. The van der Waals surface area contributed by atoms with E-state index >= 15 is 0 Å². The number of hydrogen-bond acceptors (Lipinski definition) is 7. The van der Waals surface area contributed by atoms with Crippen LogP contribution in [0.15, 0.2) is 53.7 Å². The fourth-order valence-electron chi connectivity index (χ4n) is 3.17. The number of anilines is 1. The van der Waals surface area contributed by atoms with Crippen molar-refractivity contribution in [2.45, 2.75) is 17.7 Å². The summed E-state index contributed by atoms with van der Waals surface area (Å²) < 4.78 is 36.8. The number of nitrogens with one attached hydrogen (secondary N) is 1. The molecule has 1 aliphatic rings. The van der Waals surface area contributed by atoms with Crippen molar-refractivity contribution in [1.82, 2.24) is 9.29 Å². The molecule has 1 aromatic carbocycles. The molecule has 30 heavy (non-hydrogen) atoms. The minimum Gasteiger partial charge on any atom is -0.495 e. The first-order chi connectivity index (χ1) is 14.4. The third kappa shape index (κ3) is 5.14. The number of methoxy groups -OCH3 is 1. The number of rotatable bonds is 7. The number of para-hydroxylation sites is 2. The highest BCUT2D eigenvalue weighted by Crippen LogP contribution is 2.25. The van der Waals surface area contributed by atoms with Crippen molar-refractivity contribution < 1.29 is 27.5 Å². The summed E-state index contributed by atoms with van der Waals surface area (Å²) in [6.45, 7) is -0.0279. The van der Waals surface area contributed by atoms with Crippen LogP contribution in [0.25, 0.3) is 0 Å². The molecule has 0 bridgehead atoms. The molecule has 160 valence electrons. The van der Waals surface area contributed by atoms with Crippen molar-refractivity contribution in [2.24, 2.45) is 5.92 Å². The van der Waals surface area contributed by atoms with Gasteiger partial charge in [0.05, 0.1) is 18.7 Å². The largest absolute Gasteiger partial charge is 0.495 e. The first-order valence-corrected chi connectivity index (χ1v) is 10.9. The van der Waals surface area contributed by atoms with E-state index in [1.54, 1.807) is 30.3 Å². The molecule has 1 aliphatic heterocycles. The summed E-state index contributed by atoms with van der Waals surface area (Å²) in [4.78, 5) is 28.3. The lowest BCUT2D eigenvalue weighted by Crippen LogP contribution is -2.41. The van der Waals surface area contributed by atoms with Crippen LogP contribution in [0.1, 0.15) is 12.8 Å². The van der Waals surface area contributed by atoms with Crippen molar-refractivity contribution in [3.8, 4) is 5.75 Å². The van der Waals surface area contributed by atoms with Crippen LogP contribution in [0.5, 0.6) is 5.75 Å². The van der Waals surface area contributed by atoms with Gasteiger partial charge < -0.3 is 14.8 Å². The van der Waals surface area contributed by atoms with Crippen LogP contribution >= 0.6 is 0 Å². The summed E-state index contributed by atoms with van der Waals surface area (Å²) in [7, 11) is -2.14. The molecule has 9 nitrogen and oxygen atoms in total. The van der Waals surface area contributed by atoms with Crippen LogP contribution in [-0.2, 0) is 24.3 Å².